The molecule has 1 N–H and O–H groups in total. The normalized spacial score (nSPS) is 13.4. The van der Waals surface area contributed by atoms with Gasteiger partial charge in [-0.05, 0) is 24.6 Å². The van der Waals surface area contributed by atoms with Gasteiger partial charge in [-0.1, -0.05) is 13.8 Å². The Kier molecular flexibility index (Phi) is 5.66. The number of carbonyl (C=O) groups is 2. The molecule has 2 aromatic heterocycles. The number of pyridine rings is 1. The summed E-state index contributed by atoms with van der Waals surface area (Å²) in [5.41, 5.74) is -0.111. The van der Waals surface area contributed by atoms with Gasteiger partial charge in [0, 0.05) is 18.3 Å². The van der Waals surface area contributed by atoms with Gasteiger partial charge in [0.1, 0.15) is 4.88 Å². The van der Waals surface area contributed by atoms with Gasteiger partial charge < -0.3 is 10.1 Å². The van der Waals surface area contributed by atoms with Crippen molar-refractivity contribution in [2.24, 2.45) is 0 Å². The first-order valence-electron chi connectivity index (χ1n) is 7.61. The van der Waals surface area contributed by atoms with E-state index in [0.717, 1.165) is 10.6 Å². The largest absolute Gasteiger partial charge is 0.469 e. The number of nitrogens with one attached hydrogen (secondary N) is 1. The second kappa shape index (κ2) is 7.53. The van der Waals surface area contributed by atoms with E-state index in [9.17, 15) is 9.59 Å². The number of rotatable bonds is 6. The van der Waals surface area contributed by atoms with Gasteiger partial charge in [0.15, 0.2) is 0 Å². The predicted molar refractivity (Wildman–Crippen MR) is 91.9 cm³/mol. The van der Waals surface area contributed by atoms with Crippen LogP contribution in [0.5, 0.6) is 0 Å². The van der Waals surface area contributed by atoms with E-state index in [1.165, 1.54) is 18.4 Å². The van der Waals surface area contributed by atoms with Crippen molar-refractivity contribution in [3.8, 4) is 0 Å². The van der Waals surface area contributed by atoms with Crippen LogP contribution in [0, 0.1) is 0 Å². The highest BCUT2D eigenvalue weighted by molar-refractivity contribution is 7.13. The molecular weight excluding hydrogens is 326 g/mol. The van der Waals surface area contributed by atoms with Crippen molar-refractivity contribution in [1.82, 2.24) is 15.3 Å². The van der Waals surface area contributed by atoms with Crippen LogP contribution in [-0.2, 0) is 15.1 Å². The van der Waals surface area contributed by atoms with Crippen molar-refractivity contribution in [2.75, 3.05) is 7.11 Å². The third-order valence-corrected chi connectivity index (χ3v) is 4.97. The second-order valence-electron chi connectivity index (χ2n) is 5.99. The van der Waals surface area contributed by atoms with E-state index >= 15 is 0 Å². The monoisotopic (exact) mass is 347 g/mol. The number of methoxy groups -OCH3 is 1. The van der Waals surface area contributed by atoms with Gasteiger partial charge in [0.25, 0.3) is 5.91 Å². The van der Waals surface area contributed by atoms with Gasteiger partial charge >= 0.3 is 5.97 Å². The standard InChI is InChI=1S/C17H21N3O3S/c1-11(2)16-19-10-13(24-16)15(22)20-17(3,9-14(21)23-4)12-5-7-18-8-6-12/h5-8,10-11H,9H2,1-4H3,(H,20,22)/t17-/m0/s1. The van der Waals surface area contributed by atoms with Crippen molar-refractivity contribution in [3.63, 3.8) is 0 Å². The molecule has 0 aliphatic carbocycles. The molecule has 0 saturated heterocycles. The lowest BCUT2D eigenvalue weighted by Crippen LogP contribution is -2.45. The number of thiazole rings is 1. The lowest BCUT2D eigenvalue weighted by atomic mass is 9.89. The summed E-state index contributed by atoms with van der Waals surface area (Å²) < 4.78 is 4.77. The maximum atomic E-state index is 12.6. The molecule has 6 nitrogen and oxygen atoms in total. The molecule has 0 aliphatic heterocycles. The average Bonchev–Trinajstić information content (AvgIpc) is 3.06. The molecule has 0 fully saturated rings. The second-order valence-corrected chi connectivity index (χ2v) is 7.05. The summed E-state index contributed by atoms with van der Waals surface area (Å²) in [7, 11) is 1.33. The Morgan fingerprint density at radius 1 is 1.33 bits per heavy atom. The molecule has 1 atom stereocenters. The number of aromatic nitrogens is 2. The number of hydrogen-bond acceptors (Lipinski definition) is 6. The van der Waals surface area contributed by atoms with Crippen LogP contribution in [0.25, 0.3) is 0 Å². The summed E-state index contributed by atoms with van der Waals surface area (Å²) in [4.78, 5) is 33.2. The summed E-state index contributed by atoms with van der Waals surface area (Å²) in [6, 6.07) is 3.55. The van der Waals surface area contributed by atoms with Crippen molar-refractivity contribution in [3.05, 3.63) is 46.2 Å². The Morgan fingerprint density at radius 2 is 2.00 bits per heavy atom. The van der Waals surface area contributed by atoms with Crippen molar-refractivity contribution >= 4 is 23.2 Å². The fraction of sp³-hybridized carbons (Fsp3) is 0.412. The number of amides is 1. The van der Waals surface area contributed by atoms with Gasteiger partial charge in [-0.2, -0.15) is 0 Å². The SMILES string of the molecule is COC(=O)C[C@](C)(NC(=O)c1cnc(C(C)C)s1)c1ccncc1. The molecular formula is C17H21N3O3S. The fourth-order valence-electron chi connectivity index (χ4n) is 2.27. The molecule has 2 rings (SSSR count). The summed E-state index contributed by atoms with van der Waals surface area (Å²) >= 11 is 1.36. The minimum atomic E-state index is -0.894. The topological polar surface area (TPSA) is 81.2 Å². The number of hydrogen-bond donors (Lipinski definition) is 1. The summed E-state index contributed by atoms with van der Waals surface area (Å²) in [5, 5.41) is 3.85. The van der Waals surface area contributed by atoms with E-state index in [1.807, 2.05) is 13.8 Å². The number of ether oxygens (including phenoxy) is 1. The lowest BCUT2D eigenvalue weighted by molar-refractivity contribution is -0.142. The first-order chi connectivity index (χ1) is 11.4. The van der Waals surface area contributed by atoms with Crippen LogP contribution in [0.15, 0.2) is 30.7 Å². The quantitative estimate of drug-likeness (QED) is 0.813. The van der Waals surface area contributed by atoms with Crippen LogP contribution in [0.2, 0.25) is 0 Å². The first-order valence-corrected chi connectivity index (χ1v) is 8.43. The van der Waals surface area contributed by atoms with Gasteiger partial charge in [-0.3, -0.25) is 14.6 Å². The minimum Gasteiger partial charge on any atom is -0.469 e. The molecule has 7 heteroatoms. The summed E-state index contributed by atoms with van der Waals surface area (Å²) in [6.07, 6.45) is 4.84. The van der Waals surface area contributed by atoms with Crippen LogP contribution >= 0.6 is 11.3 Å². The van der Waals surface area contributed by atoms with Crippen LogP contribution in [0.3, 0.4) is 0 Å². The highest BCUT2D eigenvalue weighted by atomic mass is 32.1. The van der Waals surface area contributed by atoms with Gasteiger partial charge in [-0.15, -0.1) is 11.3 Å². The van der Waals surface area contributed by atoms with Gasteiger partial charge in [-0.25, -0.2) is 4.98 Å². The van der Waals surface area contributed by atoms with Crippen molar-refractivity contribution in [1.29, 1.82) is 0 Å². The molecule has 2 aromatic rings. The number of esters is 1. The zero-order valence-electron chi connectivity index (χ0n) is 14.2. The van der Waals surface area contributed by atoms with E-state index in [2.05, 4.69) is 15.3 Å². The van der Waals surface area contributed by atoms with E-state index in [0.29, 0.717) is 4.88 Å². The minimum absolute atomic E-state index is 0.0229. The Labute approximate surface area is 145 Å². The smallest absolute Gasteiger partial charge is 0.308 e. The Balaban J connectivity index is 2.27. The van der Waals surface area contributed by atoms with Crippen molar-refractivity contribution < 1.29 is 14.3 Å². The number of nitrogens with zero attached hydrogens (tertiary/aromatic N) is 2. The molecule has 0 saturated carbocycles. The first kappa shape index (κ1) is 18.1. The highest BCUT2D eigenvalue weighted by Crippen LogP contribution is 2.27. The van der Waals surface area contributed by atoms with Gasteiger partial charge in [0.05, 0.1) is 30.3 Å². The Hall–Kier alpha value is -2.28. The molecule has 24 heavy (non-hydrogen) atoms. The van der Waals surface area contributed by atoms with E-state index in [-0.39, 0.29) is 18.2 Å². The molecule has 0 radical (unpaired) electrons. The van der Waals surface area contributed by atoms with E-state index in [4.69, 9.17) is 4.74 Å². The predicted octanol–water partition coefficient (Wildman–Crippen LogP) is 2.87. The van der Waals surface area contributed by atoms with Crippen LogP contribution in [0.4, 0.5) is 0 Å². The van der Waals surface area contributed by atoms with Crippen molar-refractivity contribution in [2.45, 2.75) is 38.6 Å². The van der Waals surface area contributed by atoms with Crippen LogP contribution < -0.4 is 5.32 Å². The van der Waals surface area contributed by atoms with Gasteiger partial charge in [0.2, 0.25) is 0 Å². The highest BCUT2D eigenvalue weighted by Gasteiger charge is 2.33. The lowest BCUT2D eigenvalue weighted by Gasteiger charge is -2.30. The zero-order chi connectivity index (χ0) is 17.7. The maximum Gasteiger partial charge on any atom is 0.308 e. The molecule has 0 unspecified atom stereocenters. The fourth-order valence-corrected chi connectivity index (χ4v) is 3.09. The number of carbonyl (C=O) groups excluding carboxylic acids is 2. The molecule has 0 bridgehead atoms. The molecule has 0 spiro atoms. The third-order valence-electron chi connectivity index (χ3n) is 3.67. The Morgan fingerprint density at radius 3 is 2.54 bits per heavy atom. The average molecular weight is 347 g/mol. The van der Waals surface area contributed by atoms with Crippen LogP contribution in [0.1, 0.15) is 53.4 Å². The maximum absolute atomic E-state index is 12.6. The molecule has 1 amide bonds. The zero-order valence-corrected chi connectivity index (χ0v) is 15.0. The Bertz CT molecular complexity index is 715. The third kappa shape index (κ3) is 4.17. The summed E-state index contributed by atoms with van der Waals surface area (Å²) in [5.74, 6) is -0.400. The van der Waals surface area contributed by atoms with E-state index < -0.39 is 11.5 Å². The summed E-state index contributed by atoms with van der Waals surface area (Å²) in [6.45, 7) is 5.85. The molecule has 128 valence electrons. The molecule has 0 aromatic carbocycles. The van der Waals surface area contributed by atoms with E-state index in [1.54, 1.807) is 37.6 Å². The molecule has 0 aliphatic rings. The van der Waals surface area contributed by atoms with Crippen LogP contribution in [-0.4, -0.2) is 29.0 Å². The molecule has 2 heterocycles.